The van der Waals surface area contributed by atoms with E-state index < -0.39 is 20.0 Å². The van der Waals surface area contributed by atoms with Gasteiger partial charge >= 0.3 is 0 Å². The van der Waals surface area contributed by atoms with Crippen molar-refractivity contribution in [2.45, 2.75) is 19.6 Å². The zero-order chi connectivity index (χ0) is 10.9. The number of halogens is 2. The summed E-state index contributed by atoms with van der Waals surface area (Å²) in [4.78, 5) is 0. The highest BCUT2D eigenvalue weighted by molar-refractivity contribution is 6.70. The van der Waals surface area contributed by atoms with Gasteiger partial charge in [-0.3, -0.25) is 0 Å². The number of anilines is 1. The number of rotatable bonds is 2. The van der Waals surface area contributed by atoms with Gasteiger partial charge in [0.1, 0.15) is 5.82 Å². The number of benzene rings is 1. The third kappa shape index (κ3) is 2.70. The average molecular weight is 217 g/mol. The molecule has 78 valence electrons. The Balaban J connectivity index is 3.09. The summed E-state index contributed by atoms with van der Waals surface area (Å²) >= 11 is 0. The summed E-state index contributed by atoms with van der Waals surface area (Å²) in [6.45, 7) is 5.69. The van der Waals surface area contributed by atoms with Gasteiger partial charge in [0, 0.05) is 12.1 Å². The van der Waals surface area contributed by atoms with E-state index in [1.54, 1.807) is 0 Å². The number of hydrogen-bond acceptors (Lipinski definition) is 2. The van der Waals surface area contributed by atoms with Crippen molar-refractivity contribution in [2.75, 3.05) is 5.73 Å². The molecule has 0 fully saturated rings. The molecule has 0 aliphatic heterocycles. The second kappa shape index (κ2) is 3.57. The number of nitrogens with two attached hydrogens (primary N) is 1. The fourth-order valence-corrected chi connectivity index (χ4v) is 1.82. The third-order valence-electron chi connectivity index (χ3n) is 1.45. The molecule has 0 heterocycles. The Labute approximate surface area is 82.8 Å². The summed E-state index contributed by atoms with van der Waals surface area (Å²) < 4.78 is 31.3. The summed E-state index contributed by atoms with van der Waals surface area (Å²) in [5.74, 6) is -1.47. The Bertz CT molecular complexity index is 326. The lowest BCUT2D eigenvalue weighted by atomic mass is 10.3. The van der Waals surface area contributed by atoms with E-state index in [1.165, 1.54) is 0 Å². The third-order valence-corrected chi connectivity index (χ3v) is 2.26. The molecule has 14 heavy (non-hydrogen) atoms. The Hall–Kier alpha value is -1.10. The molecule has 1 aromatic rings. The fourth-order valence-electron chi connectivity index (χ4n) is 0.994. The van der Waals surface area contributed by atoms with Gasteiger partial charge in [0.15, 0.2) is 11.6 Å². The lowest BCUT2D eigenvalue weighted by molar-refractivity contribution is 0.489. The van der Waals surface area contributed by atoms with Crippen molar-refractivity contribution in [2.24, 2.45) is 0 Å². The minimum absolute atomic E-state index is 0.00456. The van der Waals surface area contributed by atoms with Crippen LogP contribution in [0.15, 0.2) is 12.1 Å². The maximum Gasteiger partial charge on any atom is 0.242 e. The first-order valence-electron chi connectivity index (χ1n) is 4.23. The van der Waals surface area contributed by atoms with Gasteiger partial charge < -0.3 is 10.2 Å². The minimum Gasteiger partial charge on any atom is -0.541 e. The first kappa shape index (κ1) is 11.0. The summed E-state index contributed by atoms with van der Waals surface area (Å²) in [6, 6.07) is 1.82. The van der Waals surface area contributed by atoms with E-state index in [2.05, 4.69) is 0 Å². The molecular weight excluding hydrogens is 204 g/mol. The predicted molar refractivity (Wildman–Crippen MR) is 54.7 cm³/mol. The van der Waals surface area contributed by atoms with Crippen LogP contribution in [0.3, 0.4) is 0 Å². The average Bonchev–Trinajstić information content (AvgIpc) is 1.95. The first-order valence-corrected chi connectivity index (χ1v) is 7.64. The largest absolute Gasteiger partial charge is 0.541 e. The Morgan fingerprint density at radius 3 is 2.21 bits per heavy atom. The number of hydrogen-bond donors (Lipinski definition) is 1. The van der Waals surface area contributed by atoms with Crippen LogP contribution in [0.1, 0.15) is 0 Å². The second-order valence-corrected chi connectivity index (χ2v) is 8.45. The standard InChI is InChI=1S/C9H13F2NOSi/c1-14(2,3)13-9-7(11)4-6(10)5-8(9)12/h4-5H,12H2,1-3H3. The van der Waals surface area contributed by atoms with Gasteiger partial charge in [0.25, 0.3) is 0 Å². The van der Waals surface area contributed by atoms with Crippen LogP contribution in [0.4, 0.5) is 14.5 Å². The maximum atomic E-state index is 13.2. The zero-order valence-corrected chi connectivity index (χ0v) is 9.40. The molecule has 0 spiro atoms. The lowest BCUT2D eigenvalue weighted by Crippen LogP contribution is -2.30. The molecular formula is C9H13F2NOSi. The van der Waals surface area contributed by atoms with E-state index in [9.17, 15) is 8.78 Å². The molecule has 0 aromatic heterocycles. The zero-order valence-electron chi connectivity index (χ0n) is 8.40. The van der Waals surface area contributed by atoms with Crippen LogP contribution in [0.5, 0.6) is 5.75 Å². The molecule has 1 rings (SSSR count). The second-order valence-electron chi connectivity index (χ2n) is 4.02. The van der Waals surface area contributed by atoms with Crippen LogP contribution in [0.2, 0.25) is 19.6 Å². The molecule has 0 aliphatic carbocycles. The summed E-state index contributed by atoms with van der Waals surface area (Å²) in [5.41, 5.74) is 5.45. The quantitative estimate of drug-likeness (QED) is 0.610. The van der Waals surface area contributed by atoms with Crippen molar-refractivity contribution in [3.05, 3.63) is 23.8 Å². The highest BCUT2D eigenvalue weighted by Crippen LogP contribution is 2.28. The molecule has 5 heteroatoms. The summed E-state index contributed by atoms with van der Waals surface area (Å²) in [7, 11) is -1.92. The molecule has 0 bridgehead atoms. The minimum atomic E-state index is -1.92. The van der Waals surface area contributed by atoms with E-state index in [4.69, 9.17) is 10.2 Å². The maximum absolute atomic E-state index is 13.2. The highest BCUT2D eigenvalue weighted by atomic mass is 28.4. The van der Waals surface area contributed by atoms with E-state index >= 15 is 0 Å². The van der Waals surface area contributed by atoms with Gasteiger partial charge in [-0.15, -0.1) is 0 Å². The van der Waals surface area contributed by atoms with Gasteiger partial charge in [0.2, 0.25) is 8.32 Å². The fraction of sp³-hybridized carbons (Fsp3) is 0.333. The lowest BCUT2D eigenvalue weighted by Gasteiger charge is -2.20. The molecule has 0 amide bonds. The van der Waals surface area contributed by atoms with Gasteiger partial charge in [-0.05, 0) is 19.6 Å². The molecule has 0 unspecified atom stereocenters. The monoisotopic (exact) mass is 217 g/mol. The van der Waals surface area contributed by atoms with E-state index in [1.807, 2.05) is 19.6 Å². The van der Waals surface area contributed by atoms with Crippen molar-refractivity contribution in [3.8, 4) is 5.75 Å². The first-order chi connectivity index (χ1) is 6.29. The SMILES string of the molecule is C[Si](C)(C)Oc1c(N)cc(F)cc1F. The van der Waals surface area contributed by atoms with Crippen LogP contribution < -0.4 is 10.2 Å². The smallest absolute Gasteiger partial charge is 0.242 e. The van der Waals surface area contributed by atoms with E-state index in [0.29, 0.717) is 0 Å². The van der Waals surface area contributed by atoms with Gasteiger partial charge in [-0.2, -0.15) is 0 Å². The van der Waals surface area contributed by atoms with Gasteiger partial charge in [0.05, 0.1) is 5.69 Å². The molecule has 2 nitrogen and oxygen atoms in total. The van der Waals surface area contributed by atoms with Crippen molar-refractivity contribution in [3.63, 3.8) is 0 Å². The van der Waals surface area contributed by atoms with Crippen molar-refractivity contribution >= 4 is 14.0 Å². The van der Waals surface area contributed by atoms with Crippen molar-refractivity contribution < 1.29 is 13.2 Å². The molecule has 0 atom stereocenters. The topological polar surface area (TPSA) is 35.2 Å². The van der Waals surface area contributed by atoms with Crippen molar-refractivity contribution in [1.29, 1.82) is 0 Å². The molecule has 0 saturated carbocycles. The van der Waals surface area contributed by atoms with E-state index in [0.717, 1.165) is 12.1 Å². The number of nitrogen functional groups attached to an aromatic ring is 1. The van der Waals surface area contributed by atoms with Crippen molar-refractivity contribution in [1.82, 2.24) is 0 Å². The van der Waals surface area contributed by atoms with Gasteiger partial charge in [-0.1, -0.05) is 0 Å². The molecule has 0 radical (unpaired) electrons. The van der Waals surface area contributed by atoms with Crippen LogP contribution in [-0.4, -0.2) is 8.32 Å². The Morgan fingerprint density at radius 1 is 1.21 bits per heavy atom. The summed E-state index contributed by atoms with van der Waals surface area (Å²) in [6.07, 6.45) is 0. The normalized spacial score (nSPS) is 11.5. The molecule has 0 aliphatic rings. The summed E-state index contributed by atoms with van der Waals surface area (Å²) in [5, 5.41) is 0. The van der Waals surface area contributed by atoms with E-state index in [-0.39, 0.29) is 11.4 Å². The van der Waals surface area contributed by atoms with Crippen LogP contribution in [-0.2, 0) is 0 Å². The Kier molecular flexibility index (Phi) is 2.80. The predicted octanol–water partition coefficient (Wildman–Crippen LogP) is 2.76. The van der Waals surface area contributed by atoms with Crippen LogP contribution in [0, 0.1) is 11.6 Å². The molecule has 2 N–H and O–H groups in total. The van der Waals surface area contributed by atoms with Crippen LogP contribution >= 0.6 is 0 Å². The molecule has 0 saturated heterocycles. The van der Waals surface area contributed by atoms with Gasteiger partial charge in [-0.25, -0.2) is 8.78 Å². The molecule has 1 aromatic carbocycles. The highest BCUT2D eigenvalue weighted by Gasteiger charge is 2.20. The Morgan fingerprint density at radius 2 is 1.79 bits per heavy atom. The van der Waals surface area contributed by atoms with Crippen LogP contribution in [0.25, 0.3) is 0 Å².